The zero-order chi connectivity index (χ0) is 8.39. The molecule has 1 aromatic heterocycles. The van der Waals surface area contributed by atoms with Crippen molar-refractivity contribution in [1.82, 2.24) is 4.98 Å². The molecule has 0 bridgehead atoms. The van der Waals surface area contributed by atoms with Crippen molar-refractivity contribution >= 4 is 0 Å². The monoisotopic (exact) mass is 163 g/mol. The lowest BCUT2D eigenvalue weighted by molar-refractivity contribution is -0.706. The Hall–Kier alpha value is -0.920. The van der Waals surface area contributed by atoms with Gasteiger partial charge in [-0.2, -0.15) is 0 Å². The summed E-state index contributed by atoms with van der Waals surface area (Å²) in [5, 5.41) is 0. The maximum Gasteiger partial charge on any atom is 0.298 e. The molecule has 0 spiro atoms. The van der Waals surface area contributed by atoms with E-state index in [9.17, 15) is 0 Å². The first-order valence-electron chi connectivity index (χ1n) is 4.72. The van der Waals surface area contributed by atoms with Gasteiger partial charge in [0.25, 0.3) is 5.82 Å². The third kappa shape index (κ3) is 1.47. The van der Waals surface area contributed by atoms with Crippen LogP contribution in [0.3, 0.4) is 0 Å². The molecule has 0 N–H and O–H groups in total. The molecule has 2 rings (SSSR count). The first-order valence-corrected chi connectivity index (χ1v) is 4.72. The van der Waals surface area contributed by atoms with Crippen LogP contribution in [0.2, 0.25) is 0 Å². The average Bonchev–Trinajstić information content (AvgIpc) is 2.28. The lowest BCUT2D eigenvalue weighted by Gasteiger charge is -1.98. The molecule has 0 fully saturated rings. The van der Waals surface area contributed by atoms with Gasteiger partial charge in [0.1, 0.15) is 0 Å². The van der Waals surface area contributed by atoms with E-state index in [-0.39, 0.29) is 0 Å². The van der Waals surface area contributed by atoms with Crippen molar-refractivity contribution in [3.8, 4) is 0 Å². The molecule has 1 aliphatic rings. The van der Waals surface area contributed by atoms with Gasteiger partial charge in [-0.3, -0.25) is 0 Å². The number of fused-ring (bicyclic) bond motifs is 1. The van der Waals surface area contributed by atoms with Crippen molar-refractivity contribution in [2.45, 2.75) is 39.2 Å². The fraction of sp³-hybridized carbons (Fsp3) is 0.600. The highest BCUT2D eigenvalue weighted by Crippen LogP contribution is 2.06. The highest BCUT2D eigenvalue weighted by molar-refractivity contribution is 4.95. The van der Waals surface area contributed by atoms with Crippen LogP contribution in [-0.2, 0) is 13.0 Å². The number of hydrogen-bond acceptors (Lipinski definition) is 1. The first kappa shape index (κ1) is 7.71. The summed E-state index contributed by atoms with van der Waals surface area (Å²) in [5.41, 5.74) is 1.14. The first-order chi connectivity index (χ1) is 5.86. The number of nitrogens with zero attached hydrogens (tertiary/aromatic N) is 2. The molecule has 2 nitrogen and oxygen atoms in total. The second-order valence-corrected chi connectivity index (χ2v) is 3.49. The summed E-state index contributed by atoms with van der Waals surface area (Å²) in [7, 11) is 0. The molecule has 1 aliphatic heterocycles. The van der Waals surface area contributed by atoms with Gasteiger partial charge < -0.3 is 0 Å². The molecule has 0 saturated carbocycles. The fourth-order valence-electron chi connectivity index (χ4n) is 1.73. The maximum atomic E-state index is 4.54. The number of hydrogen-bond donors (Lipinski definition) is 0. The standard InChI is InChI=1S/C10H15N2/c1-9-6-8-12-7-4-2-3-5-10(12)11-9/h6,8H,2-5,7H2,1H3/q+1. The molecule has 0 unspecified atom stereocenters. The van der Waals surface area contributed by atoms with Crippen molar-refractivity contribution < 1.29 is 4.57 Å². The van der Waals surface area contributed by atoms with Crippen LogP contribution >= 0.6 is 0 Å². The van der Waals surface area contributed by atoms with Gasteiger partial charge in [0, 0.05) is 13.0 Å². The van der Waals surface area contributed by atoms with Crippen molar-refractivity contribution in [3.63, 3.8) is 0 Å². The molecular formula is C10H15N2+. The fourth-order valence-corrected chi connectivity index (χ4v) is 1.73. The minimum atomic E-state index is 1.14. The van der Waals surface area contributed by atoms with Gasteiger partial charge in [-0.05, 0) is 19.3 Å². The van der Waals surface area contributed by atoms with Crippen LogP contribution in [0.25, 0.3) is 0 Å². The number of aromatic nitrogens is 2. The predicted molar refractivity (Wildman–Crippen MR) is 46.7 cm³/mol. The summed E-state index contributed by atoms with van der Waals surface area (Å²) in [6.07, 6.45) is 7.28. The van der Waals surface area contributed by atoms with Crippen LogP contribution < -0.4 is 4.57 Å². The van der Waals surface area contributed by atoms with Gasteiger partial charge in [-0.15, -0.1) is 0 Å². The van der Waals surface area contributed by atoms with E-state index in [1.165, 1.54) is 25.1 Å². The molecule has 12 heavy (non-hydrogen) atoms. The number of aryl methyl sites for hydroxylation is 3. The number of rotatable bonds is 0. The van der Waals surface area contributed by atoms with Crippen molar-refractivity contribution in [2.75, 3.05) is 0 Å². The summed E-state index contributed by atoms with van der Waals surface area (Å²) in [4.78, 5) is 4.54. The summed E-state index contributed by atoms with van der Waals surface area (Å²) < 4.78 is 2.29. The van der Waals surface area contributed by atoms with Gasteiger partial charge in [0.15, 0.2) is 5.69 Å². The average molecular weight is 163 g/mol. The Morgan fingerprint density at radius 3 is 3.17 bits per heavy atom. The van der Waals surface area contributed by atoms with E-state index in [4.69, 9.17) is 0 Å². The lowest BCUT2D eigenvalue weighted by atomic mass is 10.2. The van der Waals surface area contributed by atoms with Crippen molar-refractivity contribution in [1.29, 1.82) is 0 Å². The topological polar surface area (TPSA) is 16.8 Å². The largest absolute Gasteiger partial charge is 0.298 e. The second-order valence-electron chi connectivity index (χ2n) is 3.49. The molecule has 64 valence electrons. The zero-order valence-corrected chi connectivity index (χ0v) is 7.58. The van der Waals surface area contributed by atoms with E-state index in [0.717, 1.165) is 18.7 Å². The summed E-state index contributed by atoms with van der Waals surface area (Å²) in [6, 6.07) is 2.09. The quantitative estimate of drug-likeness (QED) is 0.528. The van der Waals surface area contributed by atoms with Gasteiger partial charge in [-0.25, -0.2) is 4.57 Å². The second kappa shape index (κ2) is 3.21. The Bertz CT molecular complexity index is 281. The van der Waals surface area contributed by atoms with Crippen molar-refractivity contribution in [3.05, 3.63) is 23.8 Å². The van der Waals surface area contributed by atoms with E-state index in [1.54, 1.807) is 0 Å². The molecule has 2 heterocycles. The smallest absolute Gasteiger partial charge is 0.235 e. The molecular weight excluding hydrogens is 148 g/mol. The van der Waals surface area contributed by atoms with Crippen LogP contribution in [0.15, 0.2) is 12.3 Å². The molecule has 1 aromatic rings. The van der Waals surface area contributed by atoms with Gasteiger partial charge in [0.2, 0.25) is 0 Å². The zero-order valence-electron chi connectivity index (χ0n) is 7.58. The Morgan fingerprint density at radius 2 is 2.25 bits per heavy atom. The maximum absolute atomic E-state index is 4.54. The summed E-state index contributed by atoms with van der Waals surface area (Å²) in [6.45, 7) is 3.22. The van der Waals surface area contributed by atoms with E-state index >= 15 is 0 Å². The van der Waals surface area contributed by atoms with Crippen LogP contribution in [0, 0.1) is 6.92 Å². The Morgan fingerprint density at radius 1 is 1.33 bits per heavy atom. The molecule has 0 radical (unpaired) electrons. The third-order valence-corrected chi connectivity index (χ3v) is 2.43. The molecule has 0 saturated heterocycles. The molecule has 0 amide bonds. The Labute approximate surface area is 73.3 Å². The van der Waals surface area contributed by atoms with Crippen LogP contribution in [0.5, 0.6) is 0 Å². The van der Waals surface area contributed by atoms with Crippen LogP contribution in [0.4, 0.5) is 0 Å². The normalized spacial score (nSPS) is 16.8. The van der Waals surface area contributed by atoms with Gasteiger partial charge >= 0.3 is 0 Å². The van der Waals surface area contributed by atoms with Crippen LogP contribution in [0.1, 0.15) is 30.8 Å². The van der Waals surface area contributed by atoms with Crippen molar-refractivity contribution in [2.24, 2.45) is 0 Å². The molecule has 2 heteroatoms. The molecule has 0 atom stereocenters. The van der Waals surface area contributed by atoms with E-state index in [1.807, 2.05) is 0 Å². The van der Waals surface area contributed by atoms with Crippen LogP contribution in [-0.4, -0.2) is 4.98 Å². The summed E-state index contributed by atoms with van der Waals surface area (Å²) in [5.74, 6) is 1.27. The summed E-state index contributed by atoms with van der Waals surface area (Å²) >= 11 is 0. The minimum Gasteiger partial charge on any atom is -0.235 e. The Balaban J connectivity index is 2.36. The van der Waals surface area contributed by atoms with E-state index in [0.29, 0.717) is 0 Å². The predicted octanol–water partition coefficient (Wildman–Crippen LogP) is 1.40. The SMILES string of the molecule is Cc1cc[n+]2c(n1)CCCCC2. The lowest BCUT2D eigenvalue weighted by Crippen LogP contribution is -2.38. The van der Waals surface area contributed by atoms with E-state index in [2.05, 4.69) is 28.7 Å². The minimum absolute atomic E-state index is 1.14. The van der Waals surface area contributed by atoms with E-state index < -0.39 is 0 Å². The Kier molecular flexibility index (Phi) is 2.07. The highest BCUT2D eigenvalue weighted by Gasteiger charge is 2.15. The molecule has 0 aromatic carbocycles. The van der Waals surface area contributed by atoms with Gasteiger partial charge in [-0.1, -0.05) is 4.98 Å². The molecule has 0 aliphatic carbocycles. The highest BCUT2D eigenvalue weighted by atomic mass is 15.0. The third-order valence-electron chi connectivity index (χ3n) is 2.43. The van der Waals surface area contributed by atoms with Gasteiger partial charge in [0.05, 0.1) is 19.2 Å².